The molecule has 0 saturated carbocycles. The van der Waals surface area contributed by atoms with Crippen molar-refractivity contribution in [3.63, 3.8) is 0 Å². The van der Waals surface area contributed by atoms with Crippen molar-refractivity contribution in [1.82, 2.24) is 20.8 Å². The number of nitrogens with one attached hydrogen (secondary N) is 2. The van der Waals surface area contributed by atoms with Crippen LogP contribution < -0.4 is 10.6 Å². The van der Waals surface area contributed by atoms with Crippen molar-refractivity contribution in [3.8, 4) is 11.4 Å². The van der Waals surface area contributed by atoms with Gasteiger partial charge < -0.3 is 14.9 Å². The molecule has 0 radical (unpaired) electrons. The molecule has 1 aliphatic heterocycles. The fourth-order valence-corrected chi connectivity index (χ4v) is 3.59. The van der Waals surface area contributed by atoms with E-state index in [9.17, 15) is 9.18 Å². The first-order chi connectivity index (χ1) is 12.1. The van der Waals surface area contributed by atoms with Crippen molar-refractivity contribution < 1.29 is 18.8 Å². The Morgan fingerprint density at radius 3 is 2.80 bits per heavy atom. The Bertz CT molecular complexity index is 724. The second kappa shape index (κ2) is 7.94. The van der Waals surface area contributed by atoms with Crippen LogP contribution in [0.2, 0.25) is 0 Å². The second-order valence-corrected chi connectivity index (χ2v) is 6.89. The van der Waals surface area contributed by atoms with Crippen molar-refractivity contribution in [2.45, 2.75) is 30.6 Å². The summed E-state index contributed by atoms with van der Waals surface area (Å²) in [4.78, 5) is 16.4. The average molecular weight is 366 g/mol. The maximum atomic E-state index is 13.0. The van der Waals surface area contributed by atoms with E-state index in [0.717, 1.165) is 0 Å². The number of carbonyl (C=O) groups is 1. The summed E-state index contributed by atoms with van der Waals surface area (Å²) in [5.41, 5.74) is 0.407. The van der Waals surface area contributed by atoms with Crippen LogP contribution in [0.1, 0.15) is 19.2 Å². The fraction of sp³-hybridized carbons (Fsp3) is 0.438. The summed E-state index contributed by atoms with van der Waals surface area (Å²) >= 11 is 1.43. The molecule has 9 heteroatoms. The van der Waals surface area contributed by atoms with Gasteiger partial charge in [0.15, 0.2) is 0 Å². The summed E-state index contributed by atoms with van der Waals surface area (Å²) < 4.78 is 18.2. The Hall–Kier alpha value is -1.97. The van der Waals surface area contributed by atoms with Gasteiger partial charge in [0.1, 0.15) is 11.3 Å². The Kier molecular flexibility index (Phi) is 5.67. The molecule has 1 aliphatic rings. The SMILES string of the molecule is CC1NC(SCc2nc(-c3ccc(F)cc3)no2)NC(=O)C1CCO. The van der Waals surface area contributed by atoms with E-state index in [0.29, 0.717) is 29.5 Å². The summed E-state index contributed by atoms with van der Waals surface area (Å²) in [5.74, 6) is 0.600. The Labute approximate surface area is 148 Å². The van der Waals surface area contributed by atoms with Crippen LogP contribution in [-0.4, -0.2) is 39.3 Å². The molecule has 3 N–H and O–H groups in total. The molecule has 25 heavy (non-hydrogen) atoms. The zero-order valence-electron chi connectivity index (χ0n) is 13.6. The van der Waals surface area contributed by atoms with Gasteiger partial charge >= 0.3 is 0 Å². The zero-order chi connectivity index (χ0) is 17.8. The summed E-state index contributed by atoms with van der Waals surface area (Å²) in [6, 6.07) is 5.82. The maximum Gasteiger partial charge on any atom is 0.237 e. The lowest BCUT2D eigenvalue weighted by molar-refractivity contribution is -0.128. The van der Waals surface area contributed by atoms with Gasteiger partial charge in [0, 0.05) is 18.2 Å². The number of nitrogens with zero attached hydrogens (tertiary/aromatic N) is 2. The third kappa shape index (κ3) is 4.36. The molecule has 3 rings (SSSR count). The van der Waals surface area contributed by atoms with Gasteiger partial charge in [-0.25, -0.2) is 4.39 Å². The van der Waals surface area contributed by atoms with E-state index in [1.807, 2.05) is 6.92 Å². The summed E-state index contributed by atoms with van der Waals surface area (Å²) in [7, 11) is 0. The van der Waals surface area contributed by atoms with Gasteiger partial charge in [-0.1, -0.05) is 5.16 Å². The third-order valence-corrected chi connectivity index (χ3v) is 5.01. The highest BCUT2D eigenvalue weighted by atomic mass is 32.2. The molecule has 1 aromatic carbocycles. The first kappa shape index (κ1) is 17.8. The quantitative estimate of drug-likeness (QED) is 0.712. The topological polar surface area (TPSA) is 100 Å². The highest BCUT2D eigenvalue weighted by molar-refractivity contribution is 7.99. The van der Waals surface area contributed by atoms with E-state index in [1.54, 1.807) is 12.1 Å². The maximum absolute atomic E-state index is 13.0. The number of aromatic nitrogens is 2. The minimum Gasteiger partial charge on any atom is -0.396 e. The van der Waals surface area contributed by atoms with Gasteiger partial charge in [-0.05, 0) is 37.6 Å². The van der Waals surface area contributed by atoms with E-state index >= 15 is 0 Å². The van der Waals surface area contributed by atoms with Gasteiger partial charge in [0.25, 0.3) is 0 Å². The van der Waals surface area contributed by atoms with Gasteiger partial charge in [-0.3, -0.25) is 10.1 Å². The summed E-state index contributed by atoms with van der Waals surface area (Å²) in [6.45, 7) is 1.90. The number of rotatable bonds is 6. The van der Waals surface area contributed by atoms with Crippen LogP contribution in [0, 0.1) is 11.7 Å². The van der Waals surface area contributed by atoms with Crippen LogP contribution in [-0.2, 0) is 10.5 Å². The van der Waals surface area contributed by atoms with Crippen LogP contribution in [0.15, 0.2) is 28.8 Å². The molecule has 7 nitrogen and oxygen atoms in total. The fourth-order valence-electron chi connectivity index (χ4n) is 2.65. The van der Waals surface area contributed by atoms with Crippen molar-refractivity contribution in [2.75, 3.05) is 6.61 Å². The number of aliphatic hydroxyl groups is 1. The van der Waals surface area contributed by atoms with Crippen LogP contribution in [0.25, 0.3) is 11.4 Å². The van der Waals surface area contributed by atoms with Crippen molar-refractivity contribution in [3.05, 3.63) is 36.0 Å². The minimum atomic E-state index is -0.323. The zero-order valence-corrected chi connectivity index (χ0v) is 14.4. The highest BCUT2D eigenvalue weighted by Crippen LogP contribution is 2.22. The molecule has 0 aliphatic carbocycles. The average Bonchev–Trinajstić information content (AvgIpc) is 3.06. The van der Waals surface area contributed by atoms with Gasteiger partial charge in [-0.15, -0.1) is 11.8 Å². The minimum absolute atomic E-state index is 0.0178. The lowest BCUT2D eigenvalue weighted by Gasteiger charge is -2.34. The molecular weight excluding hydrogens is 347 g/mol. The van der Waals surface area contributed by atoms with E-state index in [1.165, 1.54) is 23.9 Å². The molecule has 2 aromatic rings. The first-order valence-corrected chi connectivity index (χ1v) is 8.99. The van der Waals surface area contributed by atoms with Gasteiger partial charge in [0.2, 0.25) is 17.6 Å². The molecule has 1 amide bonds. The van der Waals surface area contributed by atoms with Gasteiger partial charge in [-0.2, -0.15) is 4.98 Å². The Morgan fingerprint density at radius 2 is 2.12 bits per heavy atom. The molecule has 0 bridgehead atoms. The van der Waals surface area contributed by atoms with E-state index in [-0.39, 0.29) is 35.8 Å². The van der Waals surface area contributed by atoms with Crippen LogP contribution in [0.4, 0.5) is 4.39 Å². The van der Waals surface area contributed by atoms with E-state index in [2.05, 4.69) is 20.8 Å². The standard InChI is InChI=1S/C16H19FN4O3S/c1-9-12(6-7-22)15(23)20-16(18-9)25-8-13-19-14(21-24-13)10-2-4-11(17)5-3-10/h2-5,9,12,16,18,22H,6-8H2,1H3,(H,20,23). The largest absolute Gasteiger partial charge is 0.396 e. The molecular formula is C16H19FN4O3S. The lowest BCUT2D eigenvalue weighted by atomic mass is 9.95. The van der Waals surface area contributed by atoms with E-state index < -0.39 is 0 Å². The van der Waals surface area contributed by atoms with Crippen molar-refractivity contribution in [1.29, 1.82) is 0 Å². The molecule has 3 unspecified atom stereocenters. The molecule has 1 aromatic heterocycles. The normalized spacial score (nSPS) is 23.5. The second-order valence-electron chi connectivity index (χ2n) is 5.79. The predicted molar refractivity (Wildman–Crippen MR) is 90.7 cm³/mol. The summed E-state index contributed by atoms with van der Waals surface area (Å²) in [6.07, 6.45) is 0.433. The smallest absolute Gasteiger partial charge is 0.237 e. The van der Waals surface area contributed by atoms with Crippen LogP contribution in [0.5, 0.6) is 0 Å². The molecule has 1 fully saturated rings. The van der Waals surface area contributed by atoms with E-state index in [4.69, 9.17) is 9.63 Å². The molecule has 2 heterocycles. The van der Waals surface area contributed by atoms with Crippen LogP contribution in [0.3, 0.4) is 0 Å². The van der Waals surface area contributed by atoms with Crippen LogP contribution >= 0.6 is 11.8 Å². The number of hydrogen-bond acceptors (Lipinski definition) is 7. The van der Waals surface area contributed by atoms with Gasteiger partial charge in [0.05, 0.1) is 11.7 Å². The first-order valence-electron chi connectivity index (χ1n) is 7.94. The Balaban J connectivity index is 1.56. The Morgan fingerprint density at radius 1 is 1.36 bits per heavy atom. The number of hydrogen-bond donors (Lipinski definition) is 3. The highest BCUT2D eigenvalue weighted by Gasteiger charge is 2.33. The molecule has 1 saturated heterocycles. The molecule has 0 spiro atoms. The number of benzene rings is 1. The third-order valence-electron chi connectivity index (χ3n) is 4.01. The summed E-state index contributed by atoms with van der Waals surface area (Å²) in [5, 5.41) is 19.1. The molecule has 134 valence electrons. The monoisotopic (exact) mass is 366 g/mol. The lowest BCUT2D eigenvalue weighted by Crippen LogP contribution is -2.59. The van der Waals surface area contributed by atoms with Crippen molar-refractivity contribution >= 4 is 17.7 Å². The van der Waals surface area contributed by atoms with Crippen molar-refractivity contribution in [2.24, 2.45) is 5.92 Å². The number of aliphatic hydroxyl groups excluding tert-OH is 1. The number of carbonyl (C=O) groups excluding carboxylic acids is 1. The number of thioether (sulfide) groups is 1. The predicted octanol–water partition coefficient (Wildman–Crippen LogP) is 1.50. The molecule has 3 atom stereocenters. The number of halogens is 1. The number of amides is 1.